The molecule has 104 valence electrons. The molecule has 0 bridgehead atoms. The summed E-state index contributed by atoms with van der Waals surface area (Å²) >= 11 is 0. The summed E-state index contributed by atoms with van der Waals surface area (Å²) in [6, 6.07) is 0. The van der Waals surface area contributed by atoms with Gasteiger partial charge in [0.1, 0.15) is 24.4 Å². The van der Waals surface area contributed by atoms with E-state index >= 15 is 0 Å². The largest absolute Gasteiger partial charge is 0.481 e. The molecular formula is C8H17ClO8. The third-order valence-corrected chi connectivity index (χ3v) is 1.42. The third-order valence-electron chi connectivity index (χ3n) is 1.42. The van der Waals surface area contributed by atoms with Crippen molar-refractivity contribution in [1.29, 1.82) is 0 Å². The van der Waals surface area contributed by atoms with Gasteiger partial charge in [0, 0.05) is 6.92 Å². The summed E-state index contributed by atoms with van der Waals surface area (Å²) in [5.41, 5.74) is 0. The minimum Gasteiger partial charge on any atom is -0.481 e. The van der Waals surface area contributed by atoms with E-state index in [9.17, 15) is 4.79 Å². The van der Waals surface area contributed by atoms with Crippen molar-refractivity contribution in [3.63, 3.8) is 0 Å². The highest BCUT2D eigenvalue weighted by Crippen LogP contribution is 2.02. The van der Waals surface area contributed by atoms with Crippen LogP contribution in [0.1, 0.15) is 6.92 Å². The van der Waals surface area contributed by atoms with Crippen LogP contribution in [-0.2, 0) is 9.59 Å². The number of halogens is 1. The molecule has 0 radical (unpaired) electrons. The van der Waals surface area contributed by atoms with Gasteiger partial charge in [-0.1, -0.05) is 0 Å². The Balaban J connectivity index is -0.000000340. The summed E-state index contributed by atoms with van der Waals surface area (Å²) in [6.07, 6.45) is -6.84. The summed E-state index contributed by atoms with van der Waals surface area (Å²) in [5.74, 6) is -0.833. The standard InChI is InChI=1S/C6H12O6.C2H4O2.ClH/c7-1-3(9)5(11)6(12)4(10)2-8;1-2(3)4;/h1,3-6,8-12H,2H2;1H3,(H,3,4);1H. The Kier molecular flexibility index (Phi) is 14.8. The number of rotatable bonds is 5. The number of carbonyl (C=O) groups is 2. The molecule has 0 saturated heterocycles. The number of hydrogen-bond donors (Lipinski definition) is 6. The lowest BCUT2D eigenvalue weighted by Gasteiger charge is -2.22. The number of aliphatic carboxylic acids is 1. The molecule has 8 nitrogen and oxygen atoms in total. The molecule has 0 aromatic heterocycles. The molecule has 0 aromatic rings. The van der Waals surface area contributed by atoms with Gasteiger partial charge in [-0.3, -0.25) is 4.79 Å². The van der Waals surface area contributed by atoms with Crippen LogP contribution in [0, 0.1) is 0 Å². The fraction of sp³-hybridized carbons (Fsp3) is 0.750. The Hall–Kier alpha value is -0.770. The highest BCUT2D eigenvalue weighted by molar-refractivity contribution is 5.85. The van der Waals surface area contributed by atoms with Crippen molar-refractivity contribution in [3.05, 3.63) is 0 Å². The van der Waals surface area contributed by atoms with E-state index in [1.807, 2.05) is 0 Å². The third kappa shape index (κ3) is 11.5. The molecule has 4 unspecified atom stereocenters. The number of carboxylic acid groups (broad SMARTS) is 1. The van der Waals surface area contributed by atoms with Crippen molar-refractivity contribution in [2.45, 2.75) is 31.3 Å². The van der Waals surface area contributed by atoms with Crippen LogP contribution >= 0.6 is 12.4 Å². The molecule has 0 aromatic carbocycles. The monoisotopic (exact) mass is 276 g/mol. The Morgan fingerprint density at radius 2 is 1.53 bits per heavy atom. The Morgan fingerprint density at radius 3 is 1.76 bits per heavy atom. The molecule has 4 atom stereocenters. The van der Waals surface area contributed by atoms with Gasteiger partial charge in [-0.05, 0) is 0 Å². The number of hydrogen-bond acceptors (Lipinski definition) is 7. The van der Waals surface area contributed by atoms with Crippen molar-refractivity contribution in [2.24, 2.45) is 0 Å². The first kappa shape index (κ1) is 21.5. The van der Waals surface area contributed by atoms with E-state index in [-0.39, 0.29) is 18.7 Å². The molecule has 0 rings (SSSR count). The number of aliphatic hydroxyl groups excluding tert-OH is 5. The summed E-state index contributed by atoms with van der Waals surface area (Å²) in [4.78, 5) is 18.9. The molecular weight excluding hydrogens is 260 g/mol. The Morgan fingerprint density at radius 1 is 1.18 bits per heavy atom. The van der Waals surface area contributed by atoms with Crippen LogP contribution in [0.4, 0.5) is 0 Å². The van der Waals surface area contributed by atoms with Crippen LogP contribution in [0.5, 0.6) is 0 Å². The van der Waals surface area contributed by atoms with Crippen molar-refractivity contribution in [2.75, 3.05) is 6.61 Å². The Bertz CT molecular complexity index is 208. The lowest BCUT2D eigenvalue weighted by molar-refractivity contribution is -0.136. The second-order valence-electron chi connectivity index (χ2n) is 2.88. The first-order valence-corrected chi connectivity index (χ1v) is 4.25. The molecule has 0 aliphatic carbocycles. The van der Waals surface area contributed by atoms with Gasteiger partial charge >= 0.3 is 0 Å². The molecule has 0 saturated carbocycles. The maximum atomic E-state index is 9.90. The molecule has 0 heterocycles. The first-order chi connectivity index (χ1) is 7.27. The second kappa shape index (κ2) is 11.7. The Labute approximate surface area is 104 Å². The number of carboxylic acids is 1. The number of aliphatic hydroxyl groups is 5. The highest BCUT2D eigenvalue weighted by Gasteiger charge is 2.29. The predicted molar refractivity (Wildman–Crippen MR) is 57.7 cm³/mol. The summed E-state index contributed by atoms with van der Waals surface area (Å²) in [7, 11) is 0. The molecule has 0 spiro atoms. The maximum absolute atomic E-state index is 9.90. The lowest BCUT2D eigenvalue weighted by atomic mass is 10.0. The normalized spacial score (nSPS) is 16.4. The minimum atomic E-state index is -1.79. The van der Waals surface area contributed by atoms with Gasteiger partial charge in [-0.15, -0.1) is 12.4 Å². The zero-order valence-corrected chi connectivity index (χ0v) is 9.82. The fourth-order valence-electron chi connectivity index (χ4n) is 0.618. The molecule has 0 aliphatic rings. The van der Waals surface area contributed by atoms with E-state index in [0.29, 0.717) is 0 Å². The second-order valence-corrected chi connectivity index (χ2v) is 2.88. The van der Waals surface area contributed by atoms with Crippen LogP contribution < -0.4 is 0 Å². The van der Waals surface area contributed by atoms with E-state index in [0.717, 1.165) is 6.92 Å². The van der Waals surface area contributed by atoms with Gasteiger partial charge in [0.2, 0.25) is 0 Å². The van der Waals surface area contributed by atoms with Gasteiger partial charge in [0.05, 0.1) is 6.61 Å². The average molecular weight is 277 g/mol. The number of carbonyl (C=O) groups excluding carboxylic acids is 1. The van der Waals surface area contributed by atoms with Crippen LogP contribution in [0.15, 0.2) is 0 Å². The summed E-state index contributed by atoms with van der Waals surface area (Å²) in [5, 5.41) is 51.0. The predicted octanol–water partition coefficient (Wildman–Crippen LogP) is -2.87. The van der Waals surface area contributed by atoms with Crippen LogP contribution in [-0.4, -0.2) is 73.9 Å². The minimum absolute atomic E-state index is 0. The molecule has 17 heavy (non-hydrogen) atoms. The fourth-order valence-corrected chi connectivity index (χ4v) is 0.618. The zero-order chi connectivity index (χ0) is 13.3. The van der Waals surface area contributed by atoms with E-state index in [4.69, 9.17) is 35.4 Å². The van der Waals surface area contributed by atoms with E-state index in [1.54, 1.807) is 0 Å². The van der Waals surface area contributed by atoms with Crippen molar-refractivity contribution < 1.29 is 40.2 Å². The average Bonchev–Trinajstić information content (AvgIpc) is 2.24. The summed E-state index contributed by atoms with van der Waals surface area (Å²) in [6.45, 7) is 0.323. The highest BCUT2D eigenvalue weighted by atomic mass is 35.5. The van der Waals surface area contributed by atoms with Crippen molar-refractivity contribution in [3.8, 4) is 0 Å². The molecule has 6 N–H and O–H groups in total. The van der Waals surface area contributed by atoms with E-state index < -0.39 is 37.0 Å². The smallest absolute Gasteiger partial charge is 0.300 e. The molecule has 0 fully saturated rings. The van der Waals surface area contributed by atoms with E-state index in [1.165, 1.54) is 0 Å². The topological polar surface area (TPSA) is 156 Å². The van der Waals surface area contributed by atoms with Crippen molar-refractivity contribution in [1.82, 2.24) is 0 Å². The van der Waals surface area contributed by atoms with Crippen LogP contribution in [0.25, 0.3) is 0 Å². The van der Waals surface area contributed by atoms with Gasteiger partial charge < -0.3 is 35.4 Å². The van der Waals surface area contributed by atoms with Crippen molar-refractivity contribution >= 4 is 24.7 Å². The van der Waals surface area contributed by atoms with E-state index in [2.05, 4.69) is 0 Å². The SMILES string of the molecule is CC(=O)O.Cl.O=CC(O)C(O)C(O)C(O)CO. The van der Waals surface area contributed by atoms with Crippen LogP contribution in [0.3, 0.4) is 0 Å². The van der Waals surface area contributed by atoms with Gasteiger partial charge in [0.25, 0.3) is 5.97 Å². The van der Waals surface area contributed by atoms with Gasteiger partial charge in [-0.2, -0.15) is 0 Å². The number of aldehydes is 1. The van der Waals surface area contributed by atoms with Crippen LogP contribution in [0.2, 0.25) is 0 Å². The van der Waals surface area contributed by atoms with Gasteiger partial charge in [-0.25, -0.2) is 0 Å². The molecule has 0 aliphatic heterocycles. The molecule has 0 amide bonds. The quantitative estimate of drug-likeness (QED) is 0.293. The first-order valence-electron chi connectivity index (χ1n) is 4.25. The maximum Gasteiger partial charge on any atom is 0.300 e. The molecule has 9 heteroatoms. The van der Waals surface area contributed by atoms with Gasteiger partial charge in [0.15, 0.2) is 6.29 Å². The zero-order valence-electron chi connectivity index (χ0n) is 9.00. The summed E-state index contributed by atoms with van der Waals surface area (Å²) < 4.78 is 0. The lowest BCUT2D eigenvalue weighted by Crippen LogP contribution is -2.46.